The van der Waals surface area contributed by atoms with Crippen LogP contribution in [0.15, 0.2) is 84.5 Å². The molecule has 11 N–H and O–H groups in total. The normalized spacial score (nSPS) is 25.8. The van der Waals surface area contributed by atoms with Crippen LogP contribution < -0.4 is 41.1 Å². The number of carbonyl (C=O) groups is 9. The summed E-state index contributed by atoms with van der Waals surface area (Å²) in [6.45, 7) is 6.62. The molecule has 2 unspecified atom stereocenters. The van der Waals surface area contributed by atoms with E-state index in [0.29, 0.717) is 25.1 Å². The van der Waals surface area contributed by atoms with Gasteiger partial charge in [-0.05, 0) is 93.6 Å². The van der Waals surface area contributed by atoms with Crippen LogP contribution in [-0.2, 0) is 97.6 Å². The summed E-state index contributed by atoms with van der Waals surface area (Å²) in [6, 6.07) is 14.6. The number of hydrazine groups is 1. The highest BCUT2D eigenvalue weighted by molar-refractivity contribution is 6.35. The molecule has 4 aliphatic rings. The zero-order valence-electron chi connectivity index (χ0n) is 61.1. The fraction of sp³-hybridized carbons (Fsp3) is 0.542. The molecule has 8 rings (SSSR count). The second-order valence-electron chi connectivity index (χ2n) is 26.8. The van der Waals surface area contributed by atoms with Gasteiger partial charge in [0.1, 0.15) is 77.4 Å². The number of fused-ring (bicyclic) bond motifs is 6. The number of nitrogens with one attached hydrogen (secondary N) is 5. The SMILES string of the molecule is CNN(C)Cc1cc2ccccc2n1CCC(=O)N[C@H](CCC(=O)O)C(=O)NCCOCCOCCC(=O)Nc1cc(COC(=O)N(C)[C@@H](C)C(=O)O[C@H]2CC(=O)N(C)c3cc(cc(OC)c3Cl)C/C(C)=C/C=C/[C@@H](OC)[C@@]3(O)C[C@H](OC(=O)N3)[C@@H](C)[C@@H]3OC23C)ccc1OC1O[C@H](C(=O)O)[C@@H](O)[C@H](O)[C@H]1O. The molecule has 4 aliphatic heterocycles. The summed E-state index contributed by atoms with van der Waals surface area (Å²) in [6.07, 6.45) is -12.4. The van der Waals surface area contributed by atoms with Gasteiger partial charge >= 0.3 is 30.1 Å². The number of halogens is 1. The minimum atomic E-state index is -2.06. The van der Waals surface area contributed by atoms with E-state index in [1.807, 2.05) is 53.9 Å². The van der Waals surface area contributed by atoms with Crippen molar-refractivity contribution in [2.75, 3.05) is 85.6 Å². The predicted molar refractivity (Wildman–Crippen MR) is 381 cm³/mol. The summed E-state index contributed by atoms with van der Waals surface area (Å²) in [7, 11) is 9.22. The van der Waals surface area contributed by atoms with Crippen LogP contribution in [0.2, 0.25) is 5.02 Å². The van der Waals surface area contributed by atoms with Crippen LogP contribution in [0.3, 0.4) is 0 Å². The molecule has 0 saturated carbocycles. The number of rotatable bonds is 31. The third-order valence-corrected chi connectivity index (χ3v) is 19.5. The first-order chi connectivity index (χ1) is 50.8. The number of hydrogen-bond acceptors (Lipinski definition) is 25. The Labute approximate surface area is 622 Å². The van der Waals surface area contributed by atoms with Gasteiger partial charge in [0.25, 0.3) is 0 Å². The number of aliphatic hydroxyl groups is 4. The van der Waals surface area contributed by atoms with E-state index in [0.717, 1.165) is 27.1 Å². The van der Waals surface area contributed by atoms with Gasteiger partial charge in [0, 0.05) is 77.7 Å². The van der Waals surface area contributed by atoms with Crippen molar-refractivity contribution in [1.82, 2.24) is 35.9 Å². The standard InChI is InChI=1S/C72H96ClN9O25/c1-39-14-13-17-53(99-10)72(97)36-52(104-69(95)78-72)40(2)64-71(4,107-64)54(35-57(85)81(8)49-32-43(30-39)33-51(98-9)59(49)73)105-67(94)41(3)80(7)70(96)102-38-42-18-20-50(103-68-62(90)60(88)61(89)63(106-68)66(92)93)47(31-42)77-56(84)23-26-100-28-29-101-27-24-75-65(91)46(19-21-58(86)87)76-55(83)22-25-82-45(37-79(6)74-5)34-44-15-11-12-16-48(44)82/h11-18,20,31-34,40-41,46,52-54,60-64,68,74,88-90,97H,19,21-30,35-38H2,1-10H3,(H,75,91)(H,76,83)(H,77,84)(H,78,95)(H,86,87)(H,92,93)/b17-13+,39-14+/t40-,41+,46-,52+,53-,54+,60+,61+,62-,63+,64+,68?,71?,72+/m1/s1. The highest BCUT2D eigenvalue weighted by Gasteiger charge is 2.65. The first-order valence-corrected chi connectivity index (χ1v) is 35.1. The molecule has 0 aliphatic carbocycles. The molecular weight excluding hydrogens is 1430 g/mol. The summed E-state index contributed by atoms with van der Waals surface area (Å²) in [5, 5.41) is 76.2. The number of amides is 6. The molecule has 5 heterocycles. The molecule has 0 radical (unpaired) electrons. The molecule has 3 saturated heterocycles. The number of alkyl carbamates (subject to hydrolysis) is 1. The Balaban J connectivity index is 0.878. The maximum atomic E-state index is 14.6. The topological polar surface area (TPSA) is 445 Å². The summed E-state index contributed by atoms with van der Waals surface area (Å²) >= 11 is 6.86. The third kappa shape index (κ3) is 21.6. The van der Waals surface area contributed by atoms with E-state index >= 15 is 0 Å². The molecule has 4 bridgehead atoms. The molecule has 34 nitrogen and oxygen atoms in total. The number of aliphatic carboxylic acids is 2. The van der Waals surface area contributed by atoms with Crippen molar-refractivity contribution in [2.24, 2.45) is 5.92 Å². The summed E-state index contributed by atoms with van der Waals surface area (Å²) < 4.78 is 59.5. The van der Waals surface area contributed by atoms with Gasteiger partial charge < -0.3 is 103 Å². The minimum absolute atomic E-state index is 0.00275. The molecule has 3 fully saturated rings. The largest absolute Gasteiger partial charge is 0.495 e. The van der Waals surface area contributed by atoms with Crippen LogP contribution in [0.1, 0.15) is 83.0 Å². The molecule has 0 spiro atoms. The Morgan fingerprint density at radius 1 is 0.897 bits per heavy atom. The van der Waals surface area contributed by atoms with E-state index in [9.17, 15) is 73.8 Å². The third-order valence-electron chi connectivity index (χ3n) is 19.1. The van der Waals surface area contributed by atoms with E-state index < -0.39 is 151 Å². The molecule has 107 heavy (non-hydrogen) atoms. The van der Waals surface area contributed by atoms with Crippen molar-refractivity contribution < 1.29 is 121 Å². The lowest BCUT2D eigenvalue weighted by Gasteiger charge is -2.42. The smallest absolute Gasteiger partial charge is 0.410 e. The van der Waals surface area contributed by atoms with E-state index in [1.54, 1.807) is 51.3 Å². The van der Waals surface area contributed by atoms with Crippen molar-refractivity contribution >= 4 is 87.6 Å². The second-order valence-corrected chi connectivity index (χ2v) is 27.2. The Morgan fingerprint density at radius 3 is 2.33 bits per heavy atom. The molecule has 4 aromatic rings. The van der Waals surface area contributed by atoms with E-state index in [4.69, 9.17) is 59.0 Å². The number of aliphatic hydroxyl groups excluding tert-OH is 3. The molecule has 6 amide bonds. The van der Waals surface area contributed by atoms with Crippen molar-refractivity contribution in [3.05, 3.63) is 106 Å². The predicted octanol–water partition coefficient (Wildman–Crippen LogP) is 3.03. The number of benzene rings is 3. The molecule has 3 aromatic carbocycles. The second kappa shape index (κ2) is 37.7. The van der Waals surface area contributed by atoms with Gasteiger partial charge in [-0.15, -0.1) is 0 Å². The first-order valence-electron chi connectivity index (χ1n) is 34.7. The van der Waals surface area contributed by atoms with Crippen molar-refractivity contribution in [1.29, 1.82) is 0 Å². The zero-order chi connectivity index (χ0) is 78.2. The maximum Gasteiger partial charge on any atom is 0.410 e. The van der Waals surface area contributed by atoms with Gasteiger partial charge in [0.2, 0.25) is 29.9 Å². The number of para-hydroxylation sites is 1. The number of carboxylic acid groups (broad SMARTS) is 2. The van der Waals surface area contributed by atoms with E-state index in [1.165, 1.54) is 58.3 Å². The highest BCUT2D eigenvalue weighted by Crippen LogP contribution is 2.49. The average Bonchev–Trinajstić information content (AvgIpc) is 1.57. The average molecular weight is 1520 g/mol. The molecule has 35 heteroatoms. The Hall–Kier alpha value is -9.04. The maximum absolute atomic E-state index is 14.6. The highest BCUT2D eigenvalue weighted by atomic mass is 35.5. The van der Waals surface area contributed by atoms with Crippen LogP contribution in [0.4, 0.5) is 21.0 Å². The zero-order valence-corrected chi connectivity index (χ0v) is 61.9. The number of carboxylic acids is 2. The number of carbonyl (C=O) groups excluding carboxylic acids is 7. The molecular formula is C72H96ClN9O25. The van der Waals surface area contributed by atoms with Gasteiger partial charge in [0.05, 0.1) is 70.4 Å². The monoisotopic (exact) mass is 1520 g/mol. The molecule has 14 atom stereocenters. The lowest BCUT2D eigenvalue weighted by molar-refractivity contribution is -0.271. The Bertz CT molecular complexity index is 3910. The fourth-order valence-electron chi connectivity index (χ4n) is 12.6. The van der Waals surface area contributed by atoms with Crippen LogP contribution in [-0.4, -0.2) is 253 Å². The minimum Gasteiger partial charge on any atom is -0.495 e. The van der Waals surface area contributed by atoms with Crippen LogP contribution in [0.25, 0.3) is 10.9 Å². The van der Waals surface area contributed by atoms with Gasteiger partial charge in [0.15, 0.2) is 11.8 Å². The van der Waals surface area contributed by atoms with Gasteiger partial charge in [-0.1, -0.05) is 66.6 Å². The van der Waals surface area contributed by atoms with Crippen LogP contribution in [0.5, 0.6) is 11.5 Å². The van der Waals surface area contributed by atoms with Crippen molar-refractivity contribution in [2.45, 2.75) is 171 Å². The number of aryl methyl sites for hydroxylation is 1. The van der Waals surface area contributed by atoms with E-state index in [2.05, 4.69) is 26.7 Å². The molecule has 1 aromatic heterocycles. The number of hydrogen-bond donors (Lipinski definition) is 11. The number of esters is 1. The molecule has 586 valence electrons. The van der Waals surface area contributed by atoms with E-state index in [-0.39, 0.29) is 98.5 Å². The number of methoxy groups -OCH3 is 2. The first kappa shape index (κ1) is 83.6. The number of aromatic nitrogens is 1. The number of ether oxygens (including phenoxy) is 10. The van der Waals surface area contributed by atoms with Crippen LogP contribution in [0, 0.1) is 5.92 Å². The summed E-state index contributed by atoms with van der Waals surface area (Å²) in [5.74, 6) is -6.85. The van der Waals surface area contributed by atoms with Gasteiger partial charge in [-0.3, -0.25) is 39.6 Å². The Morgan fingerprint density at radius 2 is 1.63 bits per heavy atom. The summed E-state index contributed by atoms with van der Waals surface area (Å²) in [4.78, 5) is 122. The van der Waals surface area contributed by atoms with Crippen molar-refractivity contribution in [3.63, 3.8) is 0 Å². The lowest BCUT2D eigenvalue weighted by Crippen LogP contribution is -2.63. The lowest BCUT2D eigenvalue weighted by atomic mass is 9.83. The number of epoxide rings is 1. The van der Waals surface area contributed by atoms with Gasteiger partial charge in [-0.25, -0.2) is 24.2 Å². The Kier molecular flexibility index (Phi) is 29.4. The quantitative estimate of drug-likeness (QED) is 0.0113. The number of likely N-dealkylation sites (N-methyl/N-ethyl adjacent to an activating group) is 1. The van der Waals surface area contributed by atoms with Gasteiger partial charge in [-0.2, -0.15) is 0 Å². The van der Waals surface area contributed by atoms with Crippen LogP contribution >= 0.6 is 11.6 Å². The fourth-order valence-corrected chi connectivity index (χ4v) is 12.9. The summed E-state index contributed by atoms with van der Waals surface area (Å²) in [5.41, 5.74) is 3.41. The number of anilines is 2. The number of nitrogens with zero attached hydrogens (tertiary/aromatic N) is 4. The van der Waals surface area contributed by atoms with Crippen molar-refractivity contribution in [3.8, 4) is 11.5 Å². The number of allylic oxidation sites excluding steroid dienone is 3.